The van der Waals surface area contributed by atoms with E-state index in [9.17, 15) is 0 Å². The van der Waals surface area contributed by atoms with Crippen molar-refractivity contribution in [2.45, 2.75) is 26.2 Å². The maximum Gasteiger partial charge on any atom is 0.0517 e. The second kappa shape index (κ2) is 4.03. The molecule has 0 bridgehead atoms. The van der Waals surface area contributed by atoms with Crippen molar-refractivity contribution in [2.75, 3.05) is 0 Å². The Kier molecular flexibility index (Phi) is 2.51. The van der Waals surface area contributed by atoms with Crippen LogP contribution in [0.1, 0.15) is 42.9 Å². The molecule has 0 aliphatic heterocycles. The predicted molar refractivity (Wildman–Crippen MR) is 72.0 cm³/mol. The number of hydrogen-bond acceptors (Lipinski definition) is 0. The van der Waals surface area contributed by atoms with Gasteiger partial charge in [0.15, 0.2) is 0 Å². The Hall–Kier alpha value is -1.56. The highest BCUT2D eigenvalue weighted by Gasteiger charge is 2.22. The molecule has 0 fully saturated rings. The zero-order valence-electron chi connectivity index (χ0n) is 10.3. The molecule has 0 N–H and O–H groups in total. The maximum atomic E-state index is 3.56. The van der Waals surface area contributed by atoms with E-state index in [1.807, 2.05) is 0 Å². The lowest BCUT2D eigenvalue weighted by Gasteiger charge is -2.13. The van der Waals surface area contributed by atoms with E-state index in [1.165, 1.54) is 34.2 Å². The van der Waals surface area contributed by atoms with Crippen molar-refractivity contribution >= 4 is 0 Å². The van der Waals surface area contributed by atoms with Crippen LogP contribution in [-0.4, -0.2) is 0 Å². The molecule has 2 aromatic carbocycles. The van der Waals surface area contributed by atoms with Crippen molar-refractivity contribution in [3.8, 4) is 11.1 Å². The van der Waals surface area contributed by atoms with Gasteiger partial charge in [0.1, 0.15) is 0 Å². The van der Waals surface area contributed by atoms with Gasteiger partial charge in [-0.25, -0.2) is 0 Å². The van der Waals surface area contributed by atoms with Gasteiger partial charge in [0.05, 0.1) is 6.42 Å². The highest BCUT2D eigenvalue weighted by molar-refractivity contribution is 5.82. The molecule has 2 aromatic rings. The summed E-state index contributed by atoms with van der Waals surface area (Å²) in [5, 5.41) is 0. The third-order valence-corrected chi connectivity index (χ3v) is 3.72. The van der Waals surface area contributed by atoms with Gasteiger partial charge in [-0.1, -0.05) is 56.3 Å². The van der Waals surface area contributed by atoms with Gasteiger partial charge in [0.2, 0.25) is 0 Å². The fourth-order valence-corrected chi connectivity index (χ4v) is 2.53. The molecule has 1 unspecified atom stereocenters. The second-order valence-corrected chi connectivity index (χ2v) is 4.75. The zero-order chi connectivity index (χ0) is 11.8. The molecule has 0 spiro atoms. The van der Waals surface area contributed by atoms with Crippen molar-refractivity contribution < 1.29 is 0 Å². The van der Waals surface area contributed by atoms with E-state index in [0.717, 1.165) is 0 Å². The topological polar surface area (TPSA) is 0 Å². The molecule has 1 aliphatic rings. The van der Waals surface area contributed by atoms with Crippen LogP contribution in [-0.2, 0) is 0 Å². The fourth-order valence-electron chi connectivity index (χ4n) is 2.53. The minimum Gasteiger partial charge on any atom is -0.0648 e. The number of fused-ring (bicyclic) bond motifs is 3. The van der Waals surface area contributed by atoms with Gasteiger partial charge in [-0.3, -0.25) is 0 Å². The number of hydrogen-bond donors (Lipinski definition) is 0. The molecule has 0 aromatic heterocycles. The Morgan fingerprint density at radius 2 is 1.76 bits per heavy atom. The monoisotopic (exact) mass is 220 g/mol. The zero-order valence-corrected chi connectivity index (χ0v) is 10.3. The third-order valence-electron chi connectivity index (χ3n) is 3.72. The highest BCUT2D eigenvalue weighted by atomic mass is 14.3. The van der Waals surface area contributed by atoms with Crippen LogP contribution in [0.2, 0.25) is 0 Å². The van der Waals surface area contributed by atoms with Crippen molar-refractivity contribution in [3.63, 3.8) is 0 Å². The Morgan fingerprint density at radius 1 is 1.00 bits per heavy atom. The number of rotatable bonds is 2. The van der Waals surface area contributed by atoms with Gasteiger partial charge in [0, 0.05) is 0 Å². The Balaban J connectivity index is 2.17. The van der Waals surface area contributed by atoms with E-state index in [2.05, 4.69) is 62.7 Å². The van der Waals surface area contributed by atoms with Gasteiger partial charge in [-0.05, 0) is 40.2 Å². The van der Waals surface area contributed by atoms with E-state index >= 15 is 0 Å². The summed E-state index contributed by atoms with van der Waals surface area (Å²) < 4.78 is 0. The average molecular weight is 220 g/mol. The van der Waals surface area contributed by atoms with Gasteiger partial charge >= 0.3 is 0 Å². The summed E-state index contributed by atoms with van der Waals surface area (Å²) in [5.74, 6) is 0.603. The summed E-state index contributed by atoms with van der Waals surface area (Å²) in [5.41, 5.74) is 6.65. The maximum absolute atomic E-state index is 3.56. The lowest BCUT2D eigenvalue weighted by atomic mass is 9.91. The van der Waals surface area contributed by atoms with E-state index < -0.39 is 0 Å². The first-order valence-corrected chi connectivity index (χ1v) is 6.30. The molecule has 0 nitrogen and oxygen atoms in total. The van der Waals surface area contributed by atoms with Crippen molar-refractivity contribution in [2.24, 2.45) is 0 Å². The van der Waals surface area contributed by atoms with E-state index in [1.54, 1.807) is 0 Å². The predicted octanol–water partition coefficient (Wildman–Crippen LogP) is 4.66. The molecule has 0 saturated heterocycles. The van der Waals surface area contributed by atoms with Crippen LogP contribution in [0.15, 0.2) is 42.5 Å². The molecule has 84 valence electrons. The molecular weight excluding hydrogens is 204 g/mol. The van der Waals surface area contributed by atoms with Crippen LogP contribution in [0, 0.1) is 6.42 Å². The SMILES string of the molecule is CCC(C)c1cccc2c1[C]c1ccccc1-2. The summed E-state index contributed by atoms with van der Waals surface area (Å²) in [6.07, 6.45) is 4.74. The summed E-state index contributed by atoms with van der Waals surface area (Å²) in [6.45, 7) is 4.53. The van der Waals surface area contributed by atoms with Crippen LogP contribution in [0.4, 0.5) is 0 Å². The molecule has 3 rings (SSSR count). The van der Waals surface area contributed by atoms with Gasteiger partial charge in [-0.2, -0.15) is 0 Å². The standard InChI is InChI=1S/C17H16/c1-3-12(2)14-9-6-10-16-15-8-5-4-7-13(15)11-17(14)16/h4-10,12H,3H2,1-2H3. The third kappa shape index (κ3) is 1.59. The Bertz CT molecular complexity index is 552. The molecule has 0 saturated carbocycles. The summed E-state index contributed by atoms with van der Waals surface area (Å²) in [7, 11) is 0. The van der Waals surface area contributed by atoms with Crippen molar-refractivity contribution in [1.82, 2.24) is 0 Å². The molecular formula is C17H16. The average Bonchev–Trinajstić information content (AvgIpc) is 2.76. The van der Waals surface area contributed by atoms with E-state index in [0.29, 0.717) is 5.92 Å². The highest BCUT2D eigenvalue weighted by Crippen LogP contribution is 2.41. The quantitative estimate of drug-likeness (QED) is 0.589. The van der Waals surface area contributed by atoms with Crippen LogP contribution in [0.25, 0.3) is 11.1 Å². The van der Waals surface area contributed by atoms with Crippen molar-refractivity contribution in [1.29, 1.82) is 0 Å². The van der Waals surface area contributed by atoms with E-state index in [-0.39, 0.29) is 0 Å². The Morgan fingerprint density at radius 3 is 2.59 bits per heavy atom. The largest absolute Gasteiger partial charge is 0.0648 e. The molecule has 1 aliphatic carbocycles. The molecule has 1 atom stereocenters. The molecule has 0 heteroatoms. The van der Waals surface area contributed by atoms with Gasteiger partial charge in [-0.15, -0.1) is 0 Å². The summed E-state index contributed by atoms with van der Waals surface area (Å²) in [4.78, 5) is 0. The second-order valence-electron chi connectivity index (χ2n) is 4.75. The van der Waals surface area contributed by atoms with Crippen LogP contribution >= 0.6 is 0 Å². The first kappa shape index (κ1) is 10.6. The van der Waals surface area contributed by atoms with E-state index in [4.69, 9.17) is 0 Å². The van der Waals surface area contributed by atoms with Crippen LogP contribution < -0.4 is 0 Å². The summed E-state index contributed by atoms with van der Waals surface area (Å²) in [6, 6.07) is 15.1. The van der Waals surface area contributed by atoms with Gasteiger partial charge < -0.3 is 0 Å². The van der Waals surface area contributed by atoms with Crippen LogP contribution in [0.5, 0.6) is 0 Å². The lowest BCUT2D eigenvalue weighted by Crippen LogP contribution is -1.96. The number of benzene rings is 2. The first-order valence-electron chi connectivity index (χ1n) is 6.30. The molecule has 0 heterocycles. The summed E-state index contributed by atoms with van der Waals surface area (Å²) >= 11 is 0. The fraction of sp³-hybridized carbons (Fsp3) is 0.235. The molecule has 0 amide bonds. The Labute approximate surface area is 103 Å². The minimum absolute atomic E-state index is 0.603. The van der Waals surface area contributed by atoms with Gasteiger partial charge in [0.25, 0.3) is 0 Å². The van der Waals surface area contributed by atoms with Crippen molar-refractivity contribution in [3.05, 3.63) is 65.6 Å². The first-order chi connectivity index (χ1) is 8.31. The molecule has 17 heavy (non-hydrogen) atoms. The lowest BCUT2D eigenvalue weighted by molar-refractivity contribution is 0.730. The molecule has 2 radical (unpaired) electrons. The minimum atomic E-state index is 0.603. The van der Waals surface area contributed by atoms with Crippen LogP contribution in [0.3, 0.4) is 0 Å². The smallest absolute Gasteiger partial charge is 0.0517 e. The normalized spacial score (nSPS) is 14.2.